The number of nitrogens with zero attached hydrogens (tertiary/aromatic N) is 1. The molecule has 3 heteroatoms. The molecule has 0 aliphatic carbocycles. The smallest absolute Gasteiger partial charge is 0.257 e. The molecule has 0 spiro atoms. The third-order valence-electron chi connectivity index (χ3n) is 2.22. The van der Waals surface area contributed by atoms with E-state index in [0.29, 0.717) is 11.2 Å². The molecule has 0 heterocycles. The van der Waals surface area contributed by atoms with E-state index in [4.69, 9.17) is 11.6 Å². The monoisotopic (exact) mass is 225 g/mol. The van der Waals surface area contributed by atoms with E-state index in [-0.39, 0.29) is 0 Å². The van der Waals surface area contributed by atoms with E-state index >= 15 is 0 Å². The lowest BCUT2D eigenvalue weighted by Crippen LogP contribution is -2.16. The predicted molar refractivity (Wildman–Crippen MR) is 67.1 cm³/mol. The van der Waals surface area contributed by atoms with Crippen molar-refractivity contribution >= 4 is 22.6 Å². The fourth-order valence-electron chi connectivity index (χ4n) is 1.18. The molecular formula is C12H18ClN2+. The summed E-state index contributed by atoms with van der Waals surface area (Å²) >= 11 is 5.98. The van der Waals surface area contributed by atoms with E-state index < -0.39 is 0 Å². The Bertz CT molecular complexity index is 348. The van der Waals surface area contributed by atoms with Gasteiger partial charge in [-0.25, -0.2) is 5.32 Å². The summed E-state index contributed by atoms with van der Waals surface area (Å²) in [5.41, 5.74) is 2.35. The van der Waals surface area contributed by atoms with E-state index in [2.05, 4.69) is 31.3 Å². The largest absolute Gasteiger partial charge is 0.347 e. The third kappa shape index (κ3) is 3.56. The molecule has 1 rings (SSSR count). The number of anilines is 1. The minimum atomic E-state index is 0.562. The Kier molecular flexibility index (Phi) is 4.15. The topological polar surface area (TPSA) is 15.0 Å². The van der Waals surface area contributed by atoms with Gasteiger partial charge in [0, 0.05) is 11.6 Å². The fraction of sp³-hybridized carbons (Fsp3) is 0.417. The first-order valence-corrected chi connectivity index (χ1v) is 5.45. The Labute approximate surface area is 96.6 Å². The van der Waals surface area contributed by atoms with Crippen LogP contribution >= 0.6 is 11.6 Å². The number of rotatable bonds is 2. The van der Waals surface area contributed by atoms with Crippen molar-refractivity contribution in [3.05, 3.63) is 29.8 Å². The van der Waals surface area contributed by atoms with Crippen molar-refractivity contribution in [3.63, 3.8) is 0 Å². The number of amidine groups is 1. The molecular weight excluding hydrogens is 208 g/mol. The molecule has 1 aromatic carbocycles. The Morgan fingerprint density at radius 1 is 1.20 bits per heavy atom. The average Bonchev–Trinajstić information content (AvgIpc) is 2.18. The maximum absolute atomic E-state index is 5.98. The van der Waals surface area contributed by atoms with Crippen molar-refractivity contribution in [1.29, 1.82) is 0 Å². The summed E-state index contributed by atoms with van der Waals surface area (Å²) in [5, 5.41) is 3.73. The third-order valence-corrected chi connectivity index (χ3v) is 2.65. The van der Waals surface area contributed by atoms with Gasteiger partial charge in [0.1, 0.15) is 5.69 Å². The SMILES string of the molecule is CC(C)c1ccc(NC(Cl)=[N+](C)C)cc1. The van der Waals surface area contributed by atoms with Crippen LogP contribution in [0.3, 0.4) is 0 Å². The van der Waals surface area contributed by atoms with Gasteiger partial charge < -0.3 is 0 Å². The number of hydrogen-bond acceptors (Lipinski definition) is 0. The van der Waals surface area contributed by atoms with E-state index in [9.17, 15) is 0 Å². The molecule has 0 radical (unpaired) electrons. The predicted octanol–water partition coefficient (Wildman–Crippen LogP) is 3.09. The van der Waals surface area contributed by atoms with Crippen molar-refractivity contribution in [2.45, 2.75) is 19.8 Å². The Balaban J connectivity index is 2.78. The molecule has 2 nitrogen and oxygen atoms in total. The van der Waals surface area contributed by atoms with E-state index in [1.165, 1.54) is 5.56 Å². The molecule has 0 atom stereocenters. The number of halogens is 1. The highest BCUT2D eigenvalue weighted by Crippen LogP contribution is 2.17. The minimum Gasteiger partial charge on any atom is -0.257 e. The Morgan fingerprint density at radius 2 is 1.73 bits per heavy atom. The van der Waals surface area contributed by atoms with E-state index in [0.717, 1.165) is 5.69 Å². The second-order valence-electron chi connectivity index (χ2n) is 4.09. The van der Waals surface area contributed by atoms with E-state index in [1.54, 1.807) is 0 Å². The van der Waals surface area contributed by atoms with E-state index in [1.807, 2.05) is 30.8 Å². The molecule has 0 fully saturated rings. The summed E-state index contributed by atoms with van der Waals surface area (Å²) in [5.74, 6) is 0.562. The first-order valence-electron chi connectivity index (χ1n) is 5.07. The van der Waals surface area contributed by atoms with Crippen molar-refractivity contribution in [2.24, 2.45) is 0 Å². The van der Waals surface area contributed by atoms with Crippen LogP contribution in [0.4, 0.5) is 5.69 Å². The molecule has 0 bridgehead atoms. The lowest BCUT2D eigenvalue weighted by molar-refractivity contribution is -0.461. The molecule has 0 saturated heterocycles. The van der Waals surface area contributed by atoms with Crippen LogP contribution < -0.4 is 5.32 Å². The van der Waals surface area contributed by atoms with Crippen LogP contribution in [0.5, 0.6) is 0 Å². The van der Waals surface area contributed by atoms with Crippen molar-refractivity contribution in [1.82, 2.24) is 0 Å². The zero-order valence-corrected chi connectivity index (χ0v) is 10.5. The van der Waals surface area contributed by atoms with Crippen LogP contribution in [0.25, 0.3) is 0 Å². The normalized spacial score (nSPS) is 10.3. The molecule has 0 amide bonds. The highest BCUT2D eigenvalue weighted by molar-refractivity contribution is 6.66. The molecule has 15 heavy (non-hydrogen) atoms. The first kappa shape index (κ1) is 12.1. The van der Waals surface area contributed by atoms with Crippen LogP contribution in [-0.2, 0) is 0 Å². The van der Waals surface area contributed by atoms with Gasteiger partial charge in [0.25, 0.3) is 0 Å². The average molecular weight is 226 g/mol. The first-order chi connectivity index (χ1) is 7.00. The number of nitrogens with one attached hydrogen (secondary N) is 1. The standard InChI is InChI=1S/C12H17ClN2/c1-9(2)10-5-7-11(8-6-10)14-12(13)15(3)4/h5-9H,1-4H3/p+1. The zero-order valence-electron chi connectivity index (χ0n) is 9.71. The summed E-state index contributed by atoms with van der Waals surface area (Å²) in [6.07, 6.45) is 0. The molecule has 0 aromatic heterocycles. The van der Waals surface area contributed by atoms with Crippen molar-refractivity contribution < 1.29 is 4.58 Å². The van der Waals surface area contributed by atoms with Gasteiger partial charge in [0.2, 0.25) is 0 Å². The molecule has 82 valence electrons. The lowest BCUT2D eigenvalue weighted by Gasteiger charge is -2.05. The van der Waals surface area contributed by atoms with Gasteiger partial charge in [-0.15, -0.1) is 0 Å². The zero-order chi connectivity index (χ0) is 11.4. The number of benzene rings is 1. The molecule has 1 aromatic rings. The summed E-state index contributed by atoms with van der Waals surface area (Å²) < 4.78 is 1.83. The second kappa shape index (κ2) is 5.17. The van der Waals surface area contributed by atoms with Gasteiger partial charge in [-0.3, -0.25) is 4.58 Å². The maximum Gasteiger partial charge on any atom is 0.347 e. The number of hydrogen-bond donors (Lipinski definition) is 1. The van der Waals surface area contributed by atoms with Gasteiger partial charge in [-0.2, -0.15) is 0 Å². The Morgan fingerprint density at radius 3 is 2.13 bits per heavy atom. The molecule has 1 N–H and O–H groups in total. The summed E-state index contributed by atoms with van der Waals surface area (Å²) in [6, 6.07) is 8.32. The molecule has 0 unspecified atom stereocenters. The van der Waals surface area contributed by atoms with Crippen LogP contribution in [0, 0.1) is 0 Å². The molecule has 0 saturated carbocycles. The summed E-state index contributed by atoms with van der Waals surface area (Å²) in [7, 11) is 3.80. The summed E-state index contributed by atoms with van der Waals surface area (Å²) in [4.78, 5) is 0. The highest BCUT2D eigenvalue weighted by atomic mass is 35.5. The van der Waals surface area contributed by atoms with Gasteiger partial charge in [-0.05, 0) is 23.6 Å². The van der Waals surface area contributed by atoms with Crippen LogP contribution in [0.15, 0.2) is 24.3 Å². The van der Waals surface area contributed by atoms with Crippen LogP contribution in [0.2, 0.25) is 0 Å². The van der Waals surface area contributed by atoms with Crippen LogP contribution in [0.1, 0.15) is 25.3 Å². The van der Waals surface area contributed by atoms with Gasteiger partial charge in [0.05, 0.1) is 14.1 Å². The second-order valence-corrected chi connectivity index (χ2v) is 4.44. The van der Waals surface area contributed by atoms with Gasteiger partial charge >= 0.3 is 5.29 Å². The summed E-state index contributed by atoms with van der Waals surface area (Å²) in [6.45, 7) is 4.36. The molecule has 0 aliphatic rings. The fourth-order valence-corrected chi connectivity index (χ4v) is 1.29. The highest BCUT2D eigenvalue weighted by Gasteiger charge is 2.05. The minimum absolute atomic E-state index is 0.562. The van der Waals surface area contributed by atoms with Gasteiger partial charge in [0.15, 0.2) is 0 Å². The van der Waals surface area contributed by atoms with Gasteiger partial charge in [-0.1, -0.05) is 26.0 Å². The Hall–Kier alpha value is -1.02. The van der Waals surface area contributed by atoms with Crippen molar-refractivity contribution in [3.8, 4) is 0 Å². The van der Waals surface area contributed by atoms with Crippen LogP contribution in [-0.4, -0.2) is 24.0 Å². The maximum atomic E-state index is 5.98. The van der Waals surface area contributed by atoms with Crippen molar-refractivity contribution in [2.75, 3.05) is 19.4 Å². The molecule has 0 aliphatic heterocycles. The quantitative estimate of drug-likeness (QED) is 0.354. The lowest BCUT2D eigenvalue weighted by atomic mass is 10.0.